The molecule has 0 atom stereocenters. The van der Waals surface area contributed by atoms with Gasteiger partial charge in [-0.05, 0) is 55.4 Å². The number of aromatic nitrogens is 1. The number of pyridine rings is 1. The van der Waals surface area contributed by atoms with E-state index in [0.29, 0.717) is 24.6 Å². The van der Waals surface area contributed by atoms with E-state index in [0.717, 1.165) is 23.5 Å². The van der Waals surface area contributed by atoms with Crippen molar-refractivity contribution in [2.45, 2.75) is 24.7 Å². The van der Waals surface area contributed by atoms with E-state index in [4.69, 9.17) is 0 Å². The average molecular weight is 416 g/mol. The second-order valence-electron chi connectivity index (χ2n) is 6.63. The van der Waals surface area contributed by atoms with Gasteiger partial charge in [-0.3, -0.25) is 14.0 Å². The van der Waals surface area contributed by atoms with Crippen molar-refractivity contribution in [1.82, 2.24) is 4.98 Å². The number of hydrogen-bond donors (Lipinski definition) is 0. The molecule has 1 amide bonds. The molecule has 0 N–H and O–H groups in total. The maximum Gasteiger partial charge on any atom is 0.266 e. The lowest BCUT2D eigenvalue weighted by Crippen LogP contribution is -2.31. The molecule has 1 aromatic carbocycles. The maximum atomic E-state index is 13.1. The Kier molecular flexibility index (Phi) is 5.16. The number of nitrogens with zero attached hydrogens (tertiary/aromatic N) is 3. The molecule has 0 bridgehead atoms. The molecule has 2 aliphatic rings. The standard InChI is InChI=1S/C20H21N3O3S2/c1-2-23(16-8-4-3-5-9-16)28(25,26)17-10-11-18(21-13-17)22-14-15-7-6-12-27-19(15)20(22)24/h3-5,8-11,13H,2,6-7,12,14H2,1H3. The summed E-state index contributed by atoms with van der Waals surface area (Å²) < 4.78 is 27.5. The highest BCUT2D eigenvalue weighted by atomic mass is 32.2. The van der Waals surface area contributed by atoms with Gasteiger partial charge >= 0.3 is 0 Å². The smallest absolute Gasteiger partial charge is 0.266 e. The van der Waals surface area contributed by atoms with Crippen molar-refractivity contribution in [3.63, 3.8) is 0 Å². The fourth-order valence-corrected chi connectivity index (χ4v) is 6.02. The fourth-order valence-electron chi connectivity index (χ4n) is 3.51. The molecule has 0 fully saturated rings. The first kappa shape index (κ1) is 19.0. The van der Waals surface area contributed by atoms with Crippen LogP contribution in [0, 0.1) is 0 Å². The van der Waals surface area contributed by atoms with E-state index in [2.05, 4.69) is 4.98 Å². The summed E-state index contributed by atoms with van der Waals surface area (Å²) >= 11 is 1.61. The van der Waals surface area contributed by atoms with Crippen LogP contribution in [0.25, 0.3) is 0 Å². The first-order valence-corrected chi connectivity index (χ1v) is 11.7. The number of thioether (sulfide) groups is 1. The molecule has 146 valence electrons. The summed E-state index contributed by atoms with van der Waals surface area (Å²) in [7, 11) is -3.73. The number of para-hydroxylation sites is 1. The molecule has 4 rings (SSSR count). The Hall–Kier alpha value is -2.32. The molecule has 28 heavy (non-hydrogen) atoms. The van der Waals surface area contributed by atoms with Crippen LogP contribution in [0.2, 0.25) is 0 Å². The van der Waals surface area contributed by atoms with E-state index in [1.54, 1.807) is 53.9 Å². The second-order valence-corrected chi connectivity index (χ2v) is 9.60. The van der Waals surface area contributed by atoms with Crippen molar-refractivity contribution in [2.75, 3.05) is 28.0 Å². The molecule has 1 aromatic heterocycles. The minimum atomic E-state index is -3.73. The van der Waals surface area contributed by atoms with Crippen LogP contribution in [0.15, 0.2) is 64.0 Å². The van der Waals surface area contributed by atoms with Gasteiger partial charge in [0.15, 0.2) is 0 Å². The lowest BCUT2D eigenvalue weighted by molar-refractivity contribution is -0.113. The number of benzene rings is 1. The molecule has 8 heteroatoms. The number of sulfonamides is 1. The highest BCUT2D eigenvalue weighted by Gasteiger charge is 2.34. The molecule has 0 spiro atoms. The summed E-state index contributed by atoms with van der Waals surface area (Å²) in [6.45, 7) is 2.65. The zero-order valence-corrected chi connectivity index (χ0v) is 17.2. The SMILES string of the molecule is CCN(c1ccccc1)S(=O)(=O)c1ccc(N2CC3=C(SCCC3)C2=O)nc1. The molecule has 2 aliphatic heterocycles. The van der Waals surface area contributed by atoms with Crippen LogP contribution in [0.5, 0.6) is 0 Å². The molecule has 0 saturated heterocycles. The van der Waals surface area contributed by atoms with E-state index < -0.39 is 10.0 Å². The third-order valence-corrected chi connectivity index (χ3v) is 8.03. The number of hydrogen-bond acceptors (Lipinski definition) is 5. The van der Waals surface area contributed by atoms with Gasteiger partial charge in [0.25, 0.3) is 15.9 Å². The van der Waals surface area contributed by atoms with Gasteiger partial charge in [0.1, 0.15) is 10.7 Å². The van der Waals surface area contributed by atoms with Gasteiger partial charge in [-0.15, -0.1) is 11.8 Å². The van der Waals surface area contributed by atoms with Crippen LogP contribution in [0.4, 0.5) is 11.5 Å². The Labute approximate surface area is 169 Å². The minimum absolute atomic E-state index is 0.0257. The monoisotopic (exact) mass is 415 g/mol. The third-order valence-electron chi connectivity index (χ3n) is 4.90. The average Bonchev–Trinajstić information content (AvgIpc) is 3.06. The Morgan fingerprint density at radius 2 is 1.96 bits per heavy atom. The zero-order chi connectivity index (χ0) is 19.7. The molecule has 0 saturated carbocycles. The van der Waals surface area contributed by atoms with Gasteiger partial charge in [-0.25, -0.2) is 13.4 Å². The summed E-state index contributed by atoms with van der Waals surface area (Å²) in [5, 5.41) is 0. The van der Waals surface area contributed by atoms with Crippen LogP contribution in [-0.2, 0) is 14.8 Å². The molecule has 0 unspecified atom stereocenters. The molecule has 0 radical (unpaired) electrons. The quantitative estimate of drug-likeness (QED) is 0.748. The molecule has 6 nitrogen and oxygen atoms in total. The highest BCUT2D eigenvalue weighted by Crippen LogP contribution is 2.37. The van der Waals surface area contributed by atoms with Gasteiger partial charge in [0.2, 0.25) is 0 Å². The maximum absolute atomic E-state index is 13.1. The second kappa shape index (κ2) is 7.60. The molecule has 0 aliphatic carbocycles. The molecular formula is C20H21N3O3S2. The van der Waals surface area contributed by atoms with Crippen LogP contribution < -0.4 is 9.21 Å². The zero-order valence-electron chi connectivity index (χ0n) is 15.5. The van der Waals surface area contributed by atoms with Crippen LogP contribution in [-0.4, -0.2) is 38.2 Å². The van der Waals surface area contributed by atoms with Gasteiger partial charge in [-0.2, -0.15) is 0 Å². The van der Waals surface area contributed by atoms with E-state index in [9.17, 15) is 13.2 Å². The number of amides is 1. The van der Waals surface area contributed by atoms with Gasteiger partial charge < -0.3 is 0 Å². The van der Waals surface area contributed by atoms with E-state index in [1.807, 2.05) is 6.07 Å². The topological polar surface area (TPSA) is 70.6 Å². The Morgan fingerprint density at radius 1 is 1.18 bits per heavy atom. The van der Waals surface area contributed by atoms with Gasteiger partial charge in [-0.1, -0.05) is 18.2 Å². The van der Waals surface area contributed by atoms with E-state index >= 15 is 0 Å². The fraction of sp³-hybridized carbons (Fsp3) is 0.300. The normalized spacial score (nSPS) is 17.0. The van der Waals surface area contributed by atoms with Crippen LogP contribution >= 0.6 is 11.8 Å². The summed E-state index contributed by atoms with van der Waals surface area (Å²) in [4.78, 5) is 19.5. The minimum Gasteiger partial charge on any atom is -0.288 e. The predicted octanol–water partition coefficient (Wildman–Crippen LogP) is 3.42. The molecule has 3 heterocycles. The van der Waals surface area contributed by atoms with Crippen molar-refractivity contribution in [2.24, 2.45) is 0 Å². The van der Waals surface area contributed by atoms with Crippen LogP contribution in [0.3, 0.4) is 0 Å². The molecular weight excluding hydrogens is 394 g/mol. The van der Waals surface area contributed by atoms with Gasteiger partial charge in [0.05, 0.1) is 17.1 Å². The first-order valence-electron chi connectivity index (χ1n) is 9.23. The largest absolute Gasteiger partial charge is 0.288 e. The Morgan fingerprint density at radius 3 is 2.61 bits per heavy atom. The van der Waals surface area contributed by atoms with E-state index in [-0.39, 0.29) is 10.8 Å². The van der Waals surface area contributed by atoms with E-state index in [1.165, 1.54) is 22.1 Å². The summed E-state index contributed by atoms with van der Waals surface area (Å²) in [6, 6.07) is 12.1. The molecule has 2 aromatic rings. The Bertz CT molecular complexity index is 1020. The highest BCUT2D eigenvalue weighted by molar-refractivity contribution is 8.04. The summed E-state index contributed by atoms with van der Waals surface area (Å²) in [5.41, 5.74) is 1.78. The predicted molar refractivity (Wildman–Crippen MR) is 112 cm³/mol. The van der Waals surface area contributed by atoms with Crippen molar-refractivity contribution >= 4 is 39.2 Å². The lowest BCUT2D eigenvalue weighted by atomic mass is 10.1. The summed E-state index contributed by atoms with van der Waals surface area (Å²) in [6.07, 6.45) is 3.37. The lowest BCUT2D eigenvalue weighted by Gasteiger charge is -2.23. The van der Waals surface area contributed by atoms with Crippen molar-refractivity contribution in [3.05, 3.63) is 59.1 Å². The number of rotatable bonds is 5. The van der Waals surface area contributed by atoms with Crippen LogP contribution in [0.1, 0.15) is 19.8 Å². The number of carbonyl (C=O) groups excluding carboxylic acids is 1. The third kappa shape index (κ3) is 3.31. The number of anilines is 2. The van der Waals surface area contributed by atoms with Crippen molar-refractivity contribution in [3.8, 4) is 0 Å². The van der Waals surface area contributed by atoms with Crippen molar-refractivity contribution < 1.29 is 13.2 Å². The summed E-state index contributed by atoms with van der Waals surface area (Å²) in [5.74, 6) is 1.43. The Balaban J connectivity index is 1.59. The van der Waals surface area contributed by atoms with Gasteiger partial charge in [0, 0.05) is 12.7 Å². The number of carbonyl (C=O) groups is 1. The van der Waals surface area contributed by atoms with Crippen molar-refractivity contribution in [1.29, 1.82) is 0 Å². The first-order chi connectivity index (χ1) is 13.5.